The highest BCUT2D eigenvalue weighted by Gasteiger charge is 2.15. The van der Waals surface area contributed by atoms with Crippen LogP contribution in [0.5, 0.6) is 0 Å². The number of rotatable bonds is 0. The van der Waals surface area contributed by atoms with Crippen LogP contribution in [0.4, 0.5) is 0 Å². The van der Waals surface area contributed by atoms with Crippen LogP contribution in [0.15, 0.2) is 55.6 Å². The van der Waals surface area contributed by atoms with Gasteiger partial charge in [0.25, 0.3) is 22.2 Å². The van der Waals surface area contributed by atoms with Gasteiger partial charge in [0.1, 0.15) is 0 Å². The molecule has 0 aliphatic rings. The topological polar surface area (TPSA) is 99.9 Å². The molecule has 6 nitrogen and oxygen atoms in total. The van der Waals surface area contributed by atoms with Crippen molar-refractivity contribution in [3.05, 3.63) is 77.8 Å². The minimum absolute atomic E-state index is 0.307. The zero-order chi connectivity index (χ0) is 16.6. The first kappa shape index (κ1) is 13.0. The first-order chi connectivity index (χ1) is 11.6. The van der Waals surface area contributed by atoms with Gasteiger partial charge in [-0.15, -0.1) is 0 Å². The zero-order valence-corrected chi connectivity index (χ0v) is 12.1. The second kappa shape index (κ2) is 4.05. The number of aromatic nitrogens is 2. The third-order valence-electron chi connectivity index (χ3n) is 4.58. The molecule has 0 radical (unpaired) electrons. The SMILES string of the molecule is O=c1[nH]c(=O)c2c1ccc1c2ccc2ccc3c(=O)[nH]c(=O)c3c21. The van der Waals surface area contributed by atoms with Crippen molar-refractivity contribution in [2.75, 3.05) is 0 Å². The van der Waals surface area contributed by atoms with E-state index in [4.69, 9.17) is 0 Å². The van der Waals surface area contributed by atoms with Crippen molar-refractivity contribution in [3.8, 4) is 0 Å². The first-order valence-electron chi connectivity index (χ1n) is 7.30. The van der Waals surface area contributed by atoms with Crippen LogP contribution in [0.1, 0.15) is 0 Å². The summed E-state index contributed by atoms with van der Waals surface area (Å²) in [5.74, 6) is 0. The molecule has 114 valence electrons. The summed E-state index contributed by atoms with van der Waals surface area (Å²) in [5, 5.41) is 3.91. The van der Waals surface area contributed by atoms with E-state index in [1.54, 1.807) is 36.4 Å². The van der Waals surface area contributed by atoms with Crippen molar-refractivity contribution in [2.24, 2.45) is 0 Å². The average molecular weight is 316 g/mol. The van der Waals surface area contributed by atoms with Crippen molar-refractivity contribution < 1.29 is 0 Å². The summed E-state index contributed by atoms with van der Waals surface area (Å²) in [6, 6.07) is 10.2. The molecule has 0 unspecified atom stereocenters. The molecule has 0 aliphatic carbocycles. The summed E-state index contributed by atoms with van der Waals surface area (Å²) in [6.07, 6.45) is 0. The van der Waals surface area contributed by atoms with E-state index >= 15 is 0 Å². The molecule has 2 heterocycles. The van der Waals surface area contributed by atoms with Gasteiger partial charge >= 0.3 is 0 Å². The summed E-state index contributed by atoms with van der Waals surface area (Å²) in [7, 11) is 0. The predicted octanol–water partition coefficient (Wildman–Crippen LogP) is 1.27. The molecule has 0 aliphatic heterocycles. The molecule has 0 bridgehead atoms. The fourth-order valence-electron chi connectivity index (χ4n) is 3.56. The van der Waals surface area contributed by atoms with Crippen LogP contribution in [-0.2, 0) is 0 Å². The Morgan fingerprint density at radius 3 is 1.62 bits per heavy atom. The third-order valence-corrected chi connectivity index (χ3v) is 4.58. The molecule has 0 saturated carbocycles. The fraction of sp³-hybridized carbons (Fsp3) is 0. The Labute approximate surface area is 131 Å². The number of H-pyrrole nitrogens is 2. The van der Waals surface area contributed by atoms with Crippen LogP contribution in [-0.4, -0.2) is 9.97 Å². The van der Waals surface area contributed by atoms with Gasteiger partial charge in [0, 0.05) is 5.39 Å². The molecule has 2 aromatic heterocycles. The number of nitrogens with one attached hydrogen (secondary N) is 2. The van der Waals surface area contributed by atoms with Gasteiger partial charge in [-0.25, -0.2) is 0 Å². The van der Waals surface area contributed by atoms with E-state index in [0.717, 1.165) is 5.39 Å². The van der Waals surface area contributed by atoms with Crippen LogP contribution in [0.3, 0.4) is 0 Å². The lowest BCUT2D eigenvalue weighted by Crippen LogP contribution is -2.05. The Morgan fingerprint density at radius 1 is 0.458 bits per heavy atom. The minimum atomic E-state index is -0.451. The molecule has 5 rings (SSSR count). The van der Waals surface area contributed by atoms with Crippen molar-refractivity contribution in [1.82, 2.24) is 9.97 Å². The lowest BCUT2D eigenvalue weighted by Gasteiger charge is -2.05. The maximum atomic E-state index is 12.2. The number of hydrogen-bond donors (Lipinski definition) is 2. The average Bonchev–Trinajstić information content (AvgIpc) is 3.03. The molecule has 6 heteroatoms. The largest absolute Gasteiger partial charge is 0.288 e. The summed E-state index contributed by atoms with van der Waals surface area (Å²) >= 11 is 0. The highest BCUT2D eigenvalue weighted by Crippen LogP contribution is 2.32. The first-order valence-corrected chi connectivity index (χ1v) is 7.30. The molecule has 5 aromatic rings. The molecule has 24 heavy (non-hydrogen) atoms. The van der Waals surface area contributed by atoms with E-state index in [-0.39, 0.29) is 0 Å². The van der Waals surface area contributed by atoms with Gasteiger partial charge in [-0.05, 0) is 28.3 Å². The quantitative estimate of drug-likeness (QED) is 0.420. The van der Waals surface area contributed by atoms with Crippen molar-refractivity contribution >= 4 is 43.1 Å². The second-order valence-electron chi connectivity index (χ2n) is 5.80. The van der Waals surface area contributed by atoms with E-state index in [1.165, 1.54) is 0 Å². The van der Waals surface area contributed by atoms with Gasteiger partial charge in [0.2, 0.25) is 0 Å². The highest BCUT2D eigenvalue weighted by atomic mass is 16.2. The second-order valence-corrected chi connectivity index (χ2v) is 5.80. The van der Waals surface area contributed by atoms with Crippen molar-refractivity contribution in [1.29, 1.82) is 0 Å². The van der Waals surface area contributed by atoms with Gasteiger partial charge in [-0.2, -0.15) is 0 Å². The Balaban J connectivity index is 2.22. The maximum absolute atomic E-state index is 12.2. The van der Waals surface area contributed by atoms with E-state index in [9.17, 15) is 19.2 Å². The third kappa shape index (κ3) is 1.40. The van der Waals surface area contributed by atoms with Crippen LogP contribution in [0.25, 0.3) is 43.1 Å². The Hall–Kier alpha value is -3.54. The van der Waals surface area contributed by atoms with E-state index in [2.05, 4.69) is 9.97 Å². The summed E-state index contributed by atoms with van der Waals surface area (Å²) in [4.78, 5) is 52.6. The van der Waals surface area contributed by atoms with E-state index in [1.807, 2.05) is 0 Å². The summed E-state index contributed by atoms with van der Waals surface area (Å²) in [6.45, 7) is 0. The van der Waals surface area contributed by atoms with Gasteiger partial charge < -0.3 is 0 Å². The fourth-order valence-corrected chi connectivity index (χ4v) is 3.56. The molecule has 2 N–H and O–H groups in total. The maximum Gasteiger partial charge on any atom is 0.259 e. The molecule has 0 atom stereocenters. The number of benzene rings is 3. The number of hydrogen-bond acceptors (Lipinski definition) is 4. The van der Waals surface area contributed by atoms with Gasteiger partial charge in [0.05, 0.1) is 21.5 Å². The molecule has 0 spiro atoms. The van der Waals surface area contributed by atoms with Crippen molar-refractivity contribution in [3.63, 3.8) is 0 Å². The standard InChI is InChI=1S/C18H8N2O4/c21-15-10-6-5-8-9(13(10)17(23)19-15)3-1-7-2-4-11-14(12(7)8)18(24)20-16(11)22/h1-6H,(H,19,21,23)(H,20,22,24). The van der Waals surface area contributed by atoms with Crippen LogP contribution < -0.4 is 22.2 Å². The van der Waals surface area contributed by atoms with Crippen molar-refractivity contribution in [2.45, 2.75) is 0 Å². The molecule has 0 fully saturated rings. The Bertz CT molecular complexity index is 1530. The highest BCUT2D eigenvalue weighted by molar-refractivity contribution is 6.24. The number of aromatic amines is 2. The lowest BCUT2D eigenvalue weighted by atomic mass is 9.96. The lowest BCUT2D eigenvalue weighted by molar-refractivity contribution is 1.26. The van der Waals surface area contributed by atoms with E-state index < -0.39 is 22.2 Å². The van der Waals surface area contributed by atoms with Crippen LogP contribution >= 0.6 is 0 Å². The molecule has 3 aromatic carbocycles. The molecule has 0 amide bonds. The Kier molecular flexibility index (Phi) is 2.19. The van der Waals surface area contributed by atoms with E-state index in [0.29, 0.717) is 37.7 Å². The van der Waals surface area contributed by atoms with Gasteiger partial charge in [-0.3, -0.25) is 29.1 Å². The number of fused-ring (bicyclic) bond motifs is 7. The van der Waals surface area contributed by atoms with Crippen LogP contribution in [0.2, 0.25) is 0 Å². The molecular formula is C18H8N2O4. The molecule has 0 saturated heterocycles. The smallest absolute Gasteiger partial charge is 0.259 e. The monoisotopic (exact) mass is 316 g/mol. The van der Waals surface area contributed by atoms with Gasteiger partial charge in [0.15, 0.2) is 0 Å². The Morgan fingerprint density at radius 2 is 0.917 bits per heavy atom. The van der Waals surface area contributed by atoms with Gasteiger partial charge in [-0.1, -0.05) is 24.3 Å². The normalized spacial score (nSPS) is 12.0. The predicted molar refractivity (Wildman–Crippen MR) is 92.6 cm³/mol. The molecular weight excluding hydrogens is 308 g/mol. The minimum Gasteiger partial charge on any atom is -0.288 e. The zero-order valence-electron chi connectivity index (χ0n) is 12.1. The summed E-state index contributed by atoms with van der Waals surface area (Å²) < 4.78 is 0. The van der Waals surface area contributed by atoms with Crippen LogP contribution in [0, 0.1) is 0 Å². The summed E-state index contributed by atoms with van der Waals surface area (Å²) in [5.41, 5.74) is -1.76.